The van der Waals surface area contributed by atoms with E-state index in [1.807, 2.05) is 0 Å². The highest BCUT2D eigenvalue weighted by atomic mass is 16.5. The number of hydrogen-bond acceptors (Lipinski definition) is 3. The van der Waals surface area contributed by atoms with Gasteiger partial charge < -0.3 is 15.2 Å². The molecule has 2 N–H and O–H groups in total. The highest BCUT2D eigenvalue weighted by molar-refractivity contribution is 5.87. The lowest BCUT2D eigenvalue weighted by Crippen LogP contribution is -2.26. The molecule has 5 nitrogen and oxygen atoms in total. The van der Waals surface area contributed by atoms with E-state index in [0.717, 1.165) is 5.56 Å². The molecule has 0 atom stereocenters. The largest absolute Gasteiger partial charge is 0.478 e. The number of amides is 1. The van der Waals surface area contributed by atoms with Crippen molar-refractivity contribution in [1.82, 2.24) is 5.32 Å². The lowest BCUT2D eigenvalue weighted by molar-refractivity contribution is -0.124. The average molecular weight is 223 g/mol. The predicted molar refractivity (Wildman–Crippen MR) is 57.1 cm³/mol. The van der Waals surface area contributed by atoms with Gasteiger partial charge in [0.2, 0.25) is 5.91 Å². The van der Waals surface area contributed by atoms with Crippen LogP contribution in [0.25, 0.3) is 0 Å². The molecule has 0 saturated carbocycles. The Kier molecular flexibility index (Phi) is 4.47. The SMILES string of the molecule is COCC(=O)NCc1cccc(C(=O)O)c1. The van der Waals surface area contributed by atoms with Gasteiger partial charge in [-0.05, 0) is 17.7 Å². The lowest BCUT2D eigenvalue weighted by Gasteiger charge is -2.05. The molecule has 0 aliphatic rings. The number of nitrogens with one attached hydrogen (secondary N) is 1. The van der Waals surface area contributed by atoms with Crippen LogP contribution < -0.4 is 5.32 Å². The summed E-state index contributed by atoms with van der Waals surface area (Å²) in [5.74, 6) is -1.21. The molecule has 86 valence electrons. The maximum atomic E-state index is 11.1. The summed E-state index contributed by atoms with van der Waals surface area (Å²) in [6.07, 6.45) is 0. The molecule has 0 bridgehead atoms. The molecule has 0 fully saturated rings. The third-order valence-electron chi connectivity index (χ3n) is 1.94. The number of methoxy groups -OCH3 is 1. The fourth-order valence-corrected chi connectivity index (χ4v) is 1.20. The summed E-state index contributed by atoms with van der Waals surface area (Å²) < 4.78 is 4.65. The average Bonchev–Trinajstić information content (AvgIpc) is 2.27. The van der Waals surface area contributed by atoms with E-state index in [4.69, 9.17) is 5.11 Å². The lowest BCUT2D eigenvalue weighted by atomic mass is 10.1. The van der Waals surface area contributed by atoms with E-state index in [2.05, 4.69) is 10.1 Å². The third kappa shape index (κ3) is 3.70. The van der Waals surface area contributed by atoms with Crippen LogP contribution in [0.4, 0.5) is 0 Å². The summed E-state index contributed by atoms with van der Waals surface area (Å²) in [4.78, 5) is 21.8. The minimum Gasteiger partial charge on any atom is -0.478 e. The van der Waals surface area contributed by atoms with Crippen molar-refractivity contribution in [3.8, 4) is 0 Å². The zero-order chi connectivity index (χ0) is 12.0. The monoisotopic (exact) mass is 223 g/mol. The number of carbonyl (C=O) groups excluding carboxylic acids is 1. The van der Waals surface area contributed by atoms with Crippen LogP contribution in [0.3, 0.4) is 0 Å². The van der Waals surface area contributed by atoms with E-state index in [9.17, 15) is 9.59 Å². The smallest absolute Gasteiger partial charge is 0.335 e. The van der Waals surface area contributed by atoms with Gasteiger partial charge in [-0.25, -0.2) is 4.79 Å². The molecule has 1 amide bonds. The van der Waals surface area contributed by atoms with Crippen molar-refractivity contribution in [3.05, 3.63) is 35.4 Å². The topological polar surface area (TPSA) is 75.6 Å². The van der Waals surface area contributed by atoms with Crippen molar-refractivity contribution in [2.45, 2.75) is 6.54 Å². The van der Waals surface area contributed by atoms with Crippen LogP contribution >= 0.6 is 0 Å². The van der Waals surface area contributed by atoms with Crippen LogP contribution in [0.5, 0.6) is 0 Å². The molecule has 1 aromatic rings. The molecule has 0 aliphatic carbocycles. The van der Waals surface area contributed by atoms with E-state index in [-0.39, 0.29) is 18.1 Å². The molecule has 0 heterocycles. The Morgan fingerprint density at radius 2 is 2.19 bits per heavy atom. The fourth-order valence-electron chi connectivity index (χ4n) is 1.20. The number of aromatic carboxylic acids is 1. The normalized spacial score (nSPS) is 9.81. The van der Waals surface area contributed by atoms with E-state index in [1.54, 1.807) is 12.1 Å². The minimum atomic E-state index is -0.981. The van der Waals surface area contributed by atoms with Crippen molar-refractivity contribution in [1.29, 1.82) is 0 Å². The maximum Gasteiger partial charge on any atom is 0.335 e. The van der Waals surface area contributed by atoms with E-state index < -0.39 is 5.97 Å². The molecular formula is C11H13NO4. The van der Waals surface area contributed by atoms with Crippen LogP contribution in [-0.2, 0) is 16.1 Å². The van der Waals surface area contributed by atoms with Gasteiger partial charge in [0.05, 0.1) is 5.56 Å². The Balaban J connectivity index is 2.57. The molecule has 5 heteroatoms. The van der Waals surface area contributed by atoms with Crippen molar-refractivity contribution >= 4 is 11.9 Å². The second kappa shape index (κ2) is 5.87. The molecule has 0 saturated heterocycles. The molecule has 16 heavy (non-hydrogen) atoms. The summed E-state index contributed by atoms with van der Waals surface area (Å²) >= 11 is 0. The van der Waals surface area contributed by atoms with E-state index in [0.29, 0.717) is 6.54 Å². The van der Waals surface area contributed by atoms with Gasteiger partial charge >= 0.3 is 5.97 Å². The van der Waals surface area contributed by atoms with Crippen molar-refractivity contribution in [2.24, 2.45) is 0 Å². The summed E-state index contributed by atoms with van der Waals surface area (Å²) in [6.45, 7) is 0.294. The Morgan fingerprint density at radius 1 is 1.44 bits per heavy atom. The summed E-state index contributed by atoms with van der Waals surface area (Å²) in [6, 6.07) is 6.42. The number of carboxylic acids is 1. The van der Waals surface area contributed by atoms with Gasteiger partial charge in [-0.1, -0.05) is 12.1 Å². The quantitative estimate of drug-likeness (QED) is 0.768. The second-order valence-electron chi connectivity index (χ2n) is 3.22. The van der Waals surface area contributed by atoms with Crippen LogP contribution in [0.15, 0.2) is 24.3 Å². The Hall–Kier alpha value is -1.88. The van der Waals surface area contributed by atoms with E-state index >= 15 is 0 Å². The minimum absolute atomic E-state index is 0.00137. The van der Waals surface area contributed by atoms with Gasteiger partial charge in [0.25, 0.3) is 0 Å². The molecule has 0 radical (unpaired) electrons. The van der Waals surface area contributed by atoms with Gasteiger partial charge in [-0.3, -0.25) is 4.79 Å². The van der Waals surface area contributed by atoms with Crippen LogP contribution in [0.2, 0.25) is 0 Å². The molecule has 1 aromatic carbocycles. The highest BCUT2D eigenvalue weighted by Crippen LogP contribution is 2.04. The molecule has 0 spiro atoms. The summed E-state index contributed by atoms with van der Waals surface area (Å²) in [7, 11) is 1.44. The first-order chi connectivity index (χ1) is 7.63. The highest BCUT2D eigenvalue weighted by Gasteiger charge is 2.04. The third-order valence-corrected chi connectivity index (χ3v) is 1.94. The summed E-state index contributed by atoms with van der Waals surface area (Å²) in [5.41, 5.74) is 0.947. The van der Waals surface area contributed by atoms with Gasteiger partial charge in [-0.2, -0.15) is 0 Å². The fraction of sp³-hybridized carbons (Fsp3) is 0.273. The molecular weight excluding hydrogens is 210 g/mol. The van der Waals surface area contributed by atoms with Gasteiger partial charge in [0, 0.05) is 13.7 Å². The van der Waals surface area contributed by atoms with Crippen molar-refractivity contribution in [3.63, 3.8) is 0 Å². The molecule has 0 aromatic heterocycles. The Bertz CT molecular complexity index is 389. The first kappa shape index (κ1) is 12.2. The number of carbonyl (C=O) groups is 2. The van der Waals surface area contributed by atoms with Gasteiger partial charge in [-0.15, -0.1) is 0 Å². The summed E-state index contributed by atoms with van der Waals surface area (Å²) in [5, 5.41) is 11.4. The number of benzene rings is 1. The first-order valence-electron chi connectivity index (χ1n) is 4.71. The van der Waals surface area contributed by atoms with Crippen LogP contribution in [0.1, 0.15) is 15.9 Å². The maximum absolute atomic E-state index is 11.1. The van der Waals surface area contributed by atoms with Crippen LogP contribution in [-0.4, -0.2) is 30.7 Å². The zero-order valence-corrected chi connectivity index (χ0v) is 8.90. The number of rotatable bonds is 5. The van der Waals surface area contributed by atoms with Gasteiger partial charge in [0.15, 0.2) is 0 Å². The van der Waals surface area contributed by atoms with Crippen molar-refractivity contribution in [2.75, 3.05) is 13.7 Å². The molecule has 1 rings (SSSR count). The number of ether oxygens (including phenoxy) is 1. The first-order valence-corrected chi connectivity index (χ1v) is 4.71. The molecule has 0 unspecified atom stereocenters. The van der Waals surface area contributed by atoms with Gasteiger partial charge in [0.1, 0.15) is 6.61 Å². The Labute approximate surface area is 93.0 Å². The zero-order valence-electron chi connectivity index (χ0n) is 8.90. The number of hydrogen-bond donors (Lipinski definition) is 2. The standard InChI is InChI=1S/C11H13NO4/c1-16-7-10(13)12-6-8-3-2-4-9(5-8)11(14)15/h2-5H,6-7H2,1H3,(H,12,13)(H,14,15). The van der Waals surface area contributed by atoms with Crippen LogP contribution in [0, 0.1) is 0 Å². The Morgan fingerprint density at radius 3 is 2.81 bits per heavy atom. The molecule has 0 aliphatic heterocycles. The van der Waals surface area contributed by atoms with E-state index in [1.165, 1.54) is 19.2 Å². The predicted octanol–water partition coefficient (Wildman–Crippen LogP) is 0.647. The van der Waals surface area contributed by atoms with Crippen molar-refractivity contribution < 1.29 is 19.4 Å². The number of carboxylic acid groups (broad SMARTS) is 1. The second-order valence-corrected chi connectivity index (χ2v) is 3.22.